The Labute approximate surface area is 94.0 Å². The van der Waals surface area contributed by atoms with Crippen molar-refractivity contribution in [2.24, 2.45) is 0 Å². The first-order valence-electron chi connectivity index (χ1n) is 4.70. The molecule has 2 nitrogen and oxygen atoms in total. The maximum atomic E-state index is 13.4. The smallest absolute Gasteiger partial charge is 0.182 e. The molecule has 0 saturated carbocycles. The minimum Gasteiger partial charge on any atom is -0.396 e. The largest absolute Gasteiger partial charge is 0.396 e. The molecule has 0 aliphatic heterocycles. The van der Waals surface area contributed by atoms with Crippen molar-refractivity contribution in [3.05, 3.63) is 35.4 Å². The van der Waals surface area contributed by atoms with Crippen LogP contribution in [0, 0.1) is 23.3 Å². The predicted molar refractivity (Wildman–Crippen MR) is 57.7 cm³/mol. The summed E-state index contributed by atoms with van der Waals surface area (Å²) in [6.45, 7) is 0. The van der Waals surface area contributed by atoms with E-state index in [1.807, 2.05) is 0 Å². The first kappa shape index (κ1) is 11.5. The highest BCUT2D eigenvalue weighted by atomic mass is 19.2. The van der Waals surface area contributed by atoms with E-state index >= 15 is 0 Å². The van der Waals surface area contributed by atoms with E-state index in [-0.39, 0.29) is 16.5 Å². The summed E-state index contributed by atoms with van der Waals surface area (Å²) in [5.74, 6) is -4.83. The van der Waals surface area contributed by atoms with Gasteiger partial charge in [0.15, 0.2) is 23.3 Å². The highest BCUT2D eigenvalue weighted by Crippen LogP contribution is 2.34. The van der Waals surface area contributed by atoms with Gasteiger partial charge in [-0.3, -0.25) is 0 Å². The van der Waals surface area contributed by atoms with E-state index in [4.69, 9.17) is 5.73 Å². The van der Waals surface area contributed by atoms with Crippen LogP contribution < -0.4 is 11.1 Å². The summed E-state index contributed by atoms with van der Waals surface area (Å²) in [5.41, 5.74) is 4.53. The number of rotatable bonds is 1. The fourth-order valence-electron chi connectivity index (χ4n) is 1.69. The Morgan fingerprint density at radius 3 is 2.06 bits per heavy atom. The lowest BCUT2D eigenvalue weighted by molar-refractivity contribution is 0.509. The zero-order chi connectivity index (χ0) is 12.7. The SMILES string of the molecule is CNc1c(F)c(F)cc2c(N)c(F)c(F)cc12. The zero-order valence-electron chi connectivity index (χ0n) is 8.74. The summed E-state index contributed by atoms with van der Waals surface area (Å²) in [5, 5.41) is 2.31. The zero-order valence-corrected chi connectivity index (χ0v) is 8.74. The molecule has 0 aliphatic carbocycles. The molecule has 6 heteroatoms. The van der Waals surface area contributed by atoms with Gasteiger partial charge in [-0.2, -0.15) is 0 Å². The number of benzene rings is 2. The number of fused-ring (bicyclic) bond motifs is 1. The van der Waals surface area contributed by atoms with E-state index in [0.717, 1.165) is 12.1 Å². The van der Waals surface area contributed by atoms with Crippen LogP contribution in [0.2, 0.25) is 0 Å². The Balaban J connectivity index is 3.01. The van der Waals surface area contributed by atoms with Crippen LogP contribution in [0.1, 0.15) is 0 Å². The summed E-state index contributed by atoms with van der Waals surface area (Å²) in [7, 11) is 1.34. The van der Waals surface area contributed by atoms with Crippen LogP contribution in [-0.4, -0.2) is 7.05 Å². The van der Waals surface area contributed by atoms with E-state index < -0.39 is 29.0 Å². The third-order valence-corrected chi connectivity index (χ3v) is 2.52. The van der Waals surface area contributed by atoms with Crippen LogP contribution in [0.15, 0.2) is 12.1 Å². The standard InChI is InChI=1S/C11H8F4N2/c1-17-11-5-3-6(12)8(14)10(16)4(5)2-7(13)9(11)15/h2-3,17H,16H2,1H3. The van der Waals surface area contributed by atoms with Crippen LogP contribution >= 0.6 is 0 Å². The Hall–Kier alpha value is -1.98. The van der Waals surface area contributed by atoms with Crippen molar-refractivity contribution in [3.8, 4) is 0 Å². The topological polar surface area (TPSA) is 38.0 Å². The number of nitrogens with one attached hydrogen (secondary N) is 1. The van der Waals surface area contributed by atoms with Gasteiger partial charge in [0.05, 0.1) is 11.4 Å². The maximum absolute atomic E-state index is 13.4. The highest BCUT2D eigenvalue weighted by molar-refractivity contribution is 6.01. The van der Waals surface area contributed by atoms with Crippen molar-refractivity contribution in [2.45, 2.75) is 0 Å². The monoisotopic (exact) mass is 244 g/mol. The summed E-state index contributed by atoms with van der Waals surface area (Å²) >= 11 is 0. The molecule has 0 saturated heterocycles. The number of hydrogen-bond acceptors (Lipinski definition) is 2. The minimum absolute atomic E-state index is 0.0113. The van der Waals surface area contributed by atoms with Gasteiger partial charge in [-0.1, -0.05) is 0 Å². The van der Waals surface area contributed by atoms with Gasteiger partial charge in [-0.15, -0.1) is 0 Å². The Morgan fingerprint density at radius 1 is 0.941 bits per heavy atom. The lowest BCUT2D eigenvalue weighted by atomic mass is 10.1. The Kier molecular flexibility index (Phi) is 2.57. The van der Waals surface area contributed by atoms with Crippen LogP contribution in [0.25, 0.3) is 10.8 Å². The van der Waals surface area contributed by atoms with Crippen LogP contribution in [0.5, 0.6) is 0 Å². The Morgan fingerprint density at radius 2 is 1.47 bits per heavy atom. The van der Waals surface area contributed by atoms with Gasteiger partial charge in [-0.25, -0.2) is 17.6 Å². The van der Waals surface area contributed by atoms with E-state index in [2.05, 4.69) is 5.32 Å². The molecule has 0 aromatic heterocycles. The van der Waals surface area contributed by atoms with E-state index in [1.165, 1.54) is 7.05 Å². The molecule has 0 bridgehead atoms. The fraction of sp³-hybridized carbons (Fsp3) is 0.0909. The van der Waals surface area contributed by atoms with Gasteiger partial charge in [0.2, 0.25) is 0 Å². The fourth-order valence-corrected chi connectivity index (χ4v) is 1.69. The molecule has 17 heavy (non-hydrogen) atoms. The molecule has 3 N–H and O–H groups in total. The summed E-state index contributed by atoms with van der Waals surface area (Å²) < 4.78 is 53.0. The normalized spacial score (nSPS) is 10.9. The van der Waals surface area contributed by atoms with Crippen molar-refractivity contribution in [1.29, 1.82) is 0 Å². The Bertz CT molecular complexity index is 610. The first-order chi connectivity index (χ1) is 7.97. The number of hydrogen-bond donors (Lipinski definition) is 2. The van der Waals surface area contributed by atoms with Gasteiger partial charge in [0.25, 0.3) is 0 Å². The molecule has 0 aliphatic rings. The van der Waals surface area contributed by atoms with Crippen molar-refractivity contribution < 1.29 is 17.6 Å². The van der Waals surface area contributed by atoms with Crippen LogP contribution in [0.4, 0.5) is 28.9 Å². The minimum atomic E-state index is -1.27. The highest BCUT2D eigenvalue weighted by Gasteiger charge is 2.18. The van der Waals surface area contributed by atoms with Gasteiger partial charge in [0, 0.05) is 17.8 Å². The van der Waals surface area contributed by atoms with Crippen molar-refractivity contribution in [2.75, 3.05) is 18.1 Å². The first-order valence-corrected chi connectivity index (χ1v) is 4.70. The lowest BCUT2D eigenvalue weighted by Gasteiger charge is -2.11. The van der Waals surface area contributed by atoms with Gasteiger partial charge in [-0.05, 0) is 12.1 Å². The second-order valence-corrected chi connectivity index (χ2v) is 3.48. The summed E-state index contributed by atoms with van der Waals surface area (Å²) in [6, 6.07) is 1.51. The third kappa shape index (κ3) is 1.56. The molecule has 0 radical (unpaired) electrons. The van der Waals surface area contributed by atoms with E-state index in [1.54, 1.807) is 0 Å². The van der Waals surface area contributed by atoms with Gasteiger partial charge >= 0.3 is 0 Å². The molecular formula is C11H8F4N2. The van der Waals surface area contributed by atoms with Crippen molar-refractivity contribution in [1.82, 2.24) is 0 Å². The van der Waals surface area contributed by atoms with Crippen molar-refractivity contribution in [3.63, 3.8) is 0 Å². The van der Waals surface area contributed by atoms with Crippen LogP contribution in [0.3, 0.4) is 0 Å². The molecule has 0 fully saturated rings. The van der Waals surface area contributed by atoms with Crippen LogP contribution in [-0.2, 0) is 0 Å². The molecule has 2 aromatic rings. The quantitative estimate of drug-likeness (QED) is 0.597. The van der Waals surface area contributed by atoms with Gasteiger partial charge in [0.1, 0.15) is 0 Å². The predicted octanol–water partition coefficient (Wildman–Crippen LogP) is 3.02. The average Bonchev–Trinajstić information content (AvgIpc) is 2.30. The molecule has 0 amide bonds. The molecule has 2 rings (SSSR count). The molecule has 0 unspecified atom stereocenters. The molecule has 90 valence electrons. The number of halogens is 4. The second kappa shape index (κ2) is 3.80. The summed E-state index contributed by atoms with van der Waals surface area (Å²) in [4.78, 5) is 0. The number of nitrogens with two attached hydrogens (primary N) is 1. The van der Waals surface area contributed by atoms with E-state index in [0.29, 0.717) is 0 Å². The lowest BCUT2D eigenvalue weighted by Crippen LogP contribution is -2.02. The maximum Gasteiger partial charge on any atom is 0.182 e. The van der Waals surface area contributed by atoms with Gasteiger partial charge < -0.3 is 11.1 Å². The number of anilines is 2. The molecule has 2 aromatic carbocycles. The molecule has 0 heterocycles. The third-order valence-electron chi connectivity index (χ3n) is 2.52. The van der Waals surface area contributed by atoms with E-state index in [9.17, 15) is 17.6 Å². The molecule has 0 spiro atoms. The average molecular weight is 244 g/mol. The second-order valence-electron chi connectivity index (χ2n) is 3.48. The molecule has 0 atom stereocenters. The molecular weight excluding hydrogens is 236 g/mol. The summed E-state index contributed by atoms with van der Waals surface area (Å²) in [6.07, 6.45) is 0. The number of nitrogen functional groups attached to an aromatic ring is 1. The van der Waals surface area contributed by atoms with Crippen molar-refractivity contribution >= 4 is 22.1 Å².